The first-order valence-corrected chi connectivity index (χ1v) is 3.88. The number of aliphatic hydroxyl groups is 1. The Morgan fingerprint density at radius 1 is 1.54 bits per heavy atom. The van der Waals surface area contributed by atoms with Crippen molar-refractivity contribution in [3.63, 3.8) is 0 Å². The number of pyridine rings is 1. The maximum Gasteiger partial charge on any atom is 0.227 e. The van der Waals surface area contributed by atoms with Crippen molar-refractivity contribution in [2.75, 3.05) is 6.61 Å². The van der Waals surface area contributed by atoms with Crippen LogP contribution in [0, 0.1) is 6.42 Å². The molecule has 0 fully saturated rings. The summed E-state index contributed by atoms with van der Waals surface area (Å²) in [5.74, 6) is 0. The summed E-state index contributed by atoms with van der Waals surface area (Å²) in [5.41, 5.74) is 0.915. The summed E-state index contributed by atoms with van der Waals surface area (Å²) in [5, 5.41) is 8.64. The van der Waals surface area contributed by atoms with Gasteiger partial charge in [-0.05, 0) is 0 Å². The van der Waals surface area contributed by atoms with Gasteiger partial charge in [-0.3, -0.25) is 4.79 Å². The number of hydrogen-bond acceptors (Lipinski definition) is 2. The van der Waals surface area contributed by atoms with Gasteiger partial charge in [0.15, 0.2) is 0 Å². The Labute approximate surface area is 103 Å². The zero-order valence-corrected chi connectivity index (χ0v) is 10.4. The molecule has 0 saturated heterocycles. The molecule has 3 nitrogen and oxygen atoms in total. The van der Waals surface area contributed by atoms with Crippen molar-refractivity contribution in [3.05, 3.63) is 40.7 Å². The molecule has 0 aliphatic heterocycles. The molecule has 0 spiro atoms. The molecule has 4 heteroatoms. The minimum absolute atomic E-state index is 0. The number of aliphatic hydroxyl groups excluding tert-OH is 1. The molecule has 0 aliphatic carbocycles. The Bertz CT molecular complexity index is 309. The molecule has 0 aliphatic rings. The number of nitrogens with zero attached hydrogens (tertiary/aromatic N) is 1. The third-order valence-electron chi connectivity index (χ3n) is 1.68. The van der Waals surface area contributed by atoms with Crippen molar-refractivity contribution in [1.29, 1.82) is 0 Å². The maximum absolute atomic E-state index is 11.1. The molecular formula is C9H12NO2Y-. The van der Waals surface area contributed by atoms with Crippen molar-refractivity contribution in [2.24, 2.45) is 0 Å². The first-order chi connectivity index (χ1) is 5.77. The van der Waals surface area contributed by atoms with Gasteiger partial charge in [0.2, 0.25) is 5.56 Å². The van der Waals surface area contributed by atoms with Gasteiger partial charge in [-0.2, -0.15) is 18.1 Å². The van der Waals surface area contributed by atoms with Crippen LogP contribution in [-0.2, 0) is 39.3 Å². The molecule has 13 heavy (non-hydrogen) atoms. The molecule has 0 saturated carbocycles. The average Bonchev–Trinajstić information content (AvgIpc) is 2.09. The second-order valence-electron chi connectivity index (χ2n) is 2.51. The molecule has 0 unspecified atom stereocenters. The zero-order chi connectivity index (χ0) is 8.97. The van der Waals surface area contributed by atoms with Gasteiger partial charge in [0.05, 0.1) is 6.61 Å². The van der Waals surface area contributed by atoms with Crippen LogP contribution in [0.4, 0.5) is 0 Å². The van der Waals surface area contributed by atoms with Gasteiger partial charge in [-0.15, -0.1) is 0 Å². The van der Waals surface area contributed by atoms with Crippen molar-refractivity contribution < 1.29 is 37.8 Å². The normalized spacial score (nSPS) is 9.08. The predicted octanol–water partition coefficient (Wildman–Crippen LogP) is 0.410. The molecule has 0 aromatic carbocycles. The van der Waals surface area contributed by atoms with E-state index in [-0.39, 0.29) is 44.9 Å². The second kappa shape index (κ2) is 6.35. The van der Waals surface area contributed by atoms with Crippen LogP contribution in [-0.4, -0.2) is 16.3 Å². The van der Waals surface area contributed by atoms with Crippen LogP contribution in [0.15, 0.2) is 23.1 Å². The maximum atomic E-state index is 11.1. The molecule has 1 aromatic heterocycles. The van der Waals surface area contributed by atoms with Crippen molar-refractivity contribution in [1.82, 2.24) is 4.57 Å². The van der Waals surface area contributed by atoms with E-state index in [1.54, 1.807) is 12.3 Å². The van der Waals surface area contributed by atoms with E-state index < -0.39 is 0 Å². The van der Waals surface area contributed by atoms with Crippen LogP contribution in [0.5, 0.6) is 0 Å². The Hall–Kier alpha value is -0.116. The summed E-state index contributed by atoms with van der Waals surface area (Å²) < 4.78 is 1.50. The minimum Gasteiger partial charge on any atom is -0.395 e. The van der Waals surface area contributed by atoms with E-state index in [0.717, 1.165) is 5.56 Å². The van der Waals surface area contributed by atoms with Crippen molar-refractivity contribution in [3.8, 4) is 0 Å². The Morgan fingerprint density at radius 2 is 2.23 bits per heavy atom. The van der Waals surface area contributed by atoms with E-state index in [0.29, 0.717) is 6.54 Å². The van der Waals surface area contributed by atoms with Crippen LogP contribution in [0.25, 0.3) is 0 Å². The smallest absolute Gasteiger partial charge is 0.227 e. The third-order valence-corrected chi connectivity index (χ3v) is 1.68. The molecular weight excluding hydrogens is 243 g/mol. The molecule has 1 N–H and O–H groups in total. The minimum atomic E-state index is -0.0744. The molecule has 69 valence electrons. The predicted molar refractivity (Wildman–Crippen MR) is 46.9 cm³/mol. The fourth-order valence-electron chi connectivity index (χ4n) is 1.00. The monoisotopic (exact) mass is 255 g/mol. The summed E-state index contributed by atoms with van der Waals surface area (Å²) in [4.78, 5) is 11.1. The van der Waals surface area contributed by atoms with E-state index in [4.69, 9.17) is 5.11 Å². The summed E-state index contributed by atoms with van der Waals surface area (Å²) in [6.45, 7) is 2.26. The first kappa shape index (κ1) is 12.9. The largest absolute Gasteiger partial charge is 0.395 e. The number of rotatable bonds is 3. The van der Waals surface area contributed by atoms with Crippen LogP contribution in [0.1, 0.15) is 12.5 Å². The van der Waals surface area contributed by atoms with Gasteiger partial charge in [0, 0.05) is 39.3 Å². The summed E-state index contributed by atoms with van der Waals surface area (Å²) in [7, 11) is 0. The van der Waals surface area contributed by atoms with E-state index in [1.165, 1.54) is 10.6 Å². The van der Waals surface area contributed by atoms with E-state index in [2.05, 4.69) is 0 Å². The van der Waals surface area contributed by atoms with Crippen LogP contribution in [0.3, 0.4) is 0 Å². The topological polar surface area (TPSA) is 42.2 Å². The van der Waals surface area contributed by atoms with Gasteiger partial charge in [0.25, 0.3) is 0 Å². The van der Waals surface area contributed by atoms with E-state index in [9.17, 15) is 4.79 Å². The third kappa shape index (κ3) is 3.63. The summed E-state index contributed by atoms with van der Waals surface area (Å²) >= 11 is 0. The SMILES string of the molecule is C[CH-]c1ccc(=O)n(CCO)c1.[Y]. The molecule has 0 bridgehead atoms. The standard InChI is InChI=1S/C9H12NO2.Y/c1-2-8-3-4-9(12)10(7-8)5-6-11;/h2-4,7,11H,5-6H2,1H3;/q-1;. The second-order valence-corrected chi connectivity index (χ2v) is 2.51. The Balaban J connectivity index is 0.00000144. The van der Waals surface area contributed by atoms with Crippen LogP contribution < -0.4 is 5.56 Å². The fourth-order valence-corrected chi connectivity index (χ4v) is 1.00. The number of aromatic nitrogens is 1. The zero-order valence-electron chi connectivity index (χ0n) is 7.60. The summed E-state index contributed by atoms with van der Waals surface area (Å²) in [6, 6.07) is 3.27. The van der Waals surface area contributed by atoms with Crippen LogP contribution in [0.2, 0.25) is 0 Å². The van der Waals surface area contributed by atoms with Crippen LogP contribution >= 0.6 is 0 Å². The molecule has 0 amide bonds. The van der Waals surface area contributed by atoms with E-state index >= 15 is 0 Å². The first-order valence-electron chi connectivity index (χ1n) is 3.88. The van der Waals surface area contributed by atoms with Gasteiger partial charge < -0.3 is 9.67 Å². The van der Waals surface area contributed by atoms with Gasteiger partial charge in [-0.1, -0.05) is 19.2 Å². The van der Waals surface area contributed by atoms with Crippen molar-refractivity contribution in [2.45, 2.75) is 13.5 Å². The Kier molecular flexibility index (Phi) is 6.30. The quantitative estimate of drug-likeness (QED) is 0.795. The van der Waals surface area contributed by atoms with Gasteiger partial charge >= 0.3 is 0 Å². The molecule has 0 atom stereocenters. The fraction of sp³-hybridized carbons (Fsp3) is 0.333. The van der Waals surface area contributed by atoms with Gasteiger partial charge in [0.1, 0.15) is 0 Å². The van der Waals surface area contributed by atoms with Gasteiger partial charge in [-0.25, -0.2) is 0 Å². The Morgan fingerprint density at radius 3 is 2.77 bits per heavy atom. The molecule has 1 radical (unpaired) electrons. The molecule has 1 rings (SSSR count). The molecule has 1 aromatic rings. The van der Waals surface area contributed by atoms with E-state index in [1.807, 2.05) is 13.3 Å². The summed E-state index contributed by atoms with van der Waals surface area (Å²) in [6.07, 6.45) is 3.64. The average molecular weight is 255 g/mol. The molecule has 1 heterocycles. The van der Waals surface area contributed by atoms with Crippen molar-refractivity contribution >= 4 is 0 Å². The number of hydrogen-bond donors (Lipinski definition) is 1.